The molecule has 4 aromatic rings. The van der Waals surface area contributed by atoms with E-state index in [2.05, 4.69) is 26.8 Å². The van der Waals surface area contributed by atoms with Gasteiger partial charge in [0.1, 0.15) is 5.75 Å². The number of ether oxygens (including phenoxy) is 1. The van der Waals surface area contributed by atoms with E-state index in [1.165, 1.54) is 0 Å². The Kier molecular flexibility index (Phi) is 5.15. The first-order valence-electron chi connectivity index (χ1n) is 11.8. The highest BCUT2D eigenvalue weighted by Crippen LogP contribution is 2.47. The standard InChI is InChI=1S/C27H22N6O3/c28-16-27(11-12-27)19-4-1-3-18(13-19)26(35)29-20-5-2-6-21(14-20)36-24-10-9-23-30-22(15-33(23)32-24)31-25(34)17-7-8-17/h1-6,9-10,13-15,17H,7-8,11-12H2,(H,29,35)(H,31,34). The Morgan fingerprint density at radius 1 is 1.06 bits per heavy atom. The van der Waals surface area contributed by atoms with Crippen LogP contribution in [0.4, 0.5) is 11.5 Å². The van der Waals surface area contributed by atoms with Crippen molar-refractivity contribution in [3.63, 3.8) is 0 Å². The summed E-state index contributed by atoms with van der Waals surface area (Å²) in [4.78, 5) is 29.2. The van der Waals surface area contributed by atoms with E-state index in [-0.39, 0.29) is 17.7 Å². The van der Waals surface area contributed by atoms with Crippen LogP contribution >= 0.6 is 0 Å². The molecule has 9 heteroatoms. The van der Waals surface area contributed by atoms with Crippen molar-refractivity contribution in [3.05, 3.63) is 78.0 Å². The molecule has 2 amide bonds. The first-order valence-corrected chi connectivity index (χ1v) is 11.8. The maximum Gasteiger partial charge on any atom is 0.255 e. The fourth-order valence-electron chi connectivity index (χ4n) is 4.06. The molecule has 2 heterocycles. The van der Waals surface area contributed by atoms with Gasteiger partial charge in [0, 0.05) is 29.3 Å². The molecule has 2 saturated carbocycles. The lowest BCUT2D eigenvalue weighted by atomic mass is 9.96. The van der Waals surface area contributed by atoms with Crippen LogP contribution in [0.25, 0.3) is 5.65 Å². The van der Waals surface area contributed by atoms with Gasteiger partial charge in [0.15, 0.2) is 11.5 Å². The summed E-state index contributed by atoms with van der Waals surface area (Å²) in [7, 11) is 0. The van der Waals surface area contributed by atoms with Gasteiger partial charge in [-0.15, -0.1) is 5.10 Å². The van der Waals surface area contributed by atoms with Crippen LogP contribution in [-0.4, -0.2) is 26.4 Å². The summed E-state index contributed by atoms with van der Waals surface area (Å²) in [5, 5.41) is 19.6. The average molecular weight is 479 g/mol. The molecule has 0 spiro atoms. The van der Waals surface area contributed by atoms with Crippen molar-refractivity contribution in [1.82, 2.24) is 14.6 Å². The summed E-state index contributed by atoms with van der Waals surface area (Å²) in [5.41, 5.74) is 2.08. The van der Waals surface area contributed by atoms with Gasteiger partial charge >= 0.3 is 0 Å². The molecule has 2 N–H and O–H groups in total. The topological polar surface area (TPSA) is 121 Å². The number of fused-ring (bicyclic) bond motifs is 1. The Morgan fingerprint density at radius 3 is 2.67 bits per heavy atom. The molecule has 36 heavy (non-hydrogen) atoms. The van der Waals surface area contributed by atoms with Crippen LogP contribution in [0.3, 0.4) is 0 Å². The highest BCUT2D eigenvalue weighted by molar-refractivity contribution is 6.04. The van der Waals surface area contributed by atoms with Crippen LogP contribution in [0.1, 0.15) is 41.6 Å². The lowest BCUT2D eigenvalue weighted by molar-refractivity contribution is -0.117. The maximum absolute atomic E-state index is 12.9. The SMILES string of the molecule is N#CC1(c2cccc(C(=O)Nc3cccc(Oc4ccc5nc(NC(=O)C6CC6)cn5n4)c3)c2)CC1. The van der Waals surface area contributed by atoms with Crippen molar-refractivity contribution < 1.29 is 14.3 Å². The number of nitrogens with zero attached hydrogens (tertiary/aromatic N) is 4. The number of anilines is 2. The van der Waals surface area contributed by atoms with Gasteiger partial charge in [-0.25, -0.2) is 9.50 Å². The minimum absolute atomic E-state index is 0.0161. The summed E-state index contributed by atoms with van der Waals surface area (Å²) in [5.74, 6) is 1.09. The number of hydrogen-bond donors (Lipinski definition) is 2. The number of rotatable bonds is 7. The molecule has 0 radical (unpaired) electrons. The fourth-order valence-corrected chi connectivity index (χ4v) is 4.06. The molecule has 0 saturated heterocycles. The Labute approximate surface area is 206 Å². The molecular weight excluding hydrogens is 456 g/mol. The molecule has 6 rings (SSSR count). The highest BCUT2D eigenvalue weighted by Gasteiger charge is 2.45. The number of hydrogen-bond acceptors (Lipinski definition) is 6. The first kappa shape index (κ1) is 21.8. The zero-order valence-electron chi connectivity index (χ0n) is 19.3. The van der Waals surface area contributed by atoms with Gasteiger partial charge in [0.25, 0.3) is 5.91 Å². The molecule has 0 atom stereocenters. The van der Waals surface area contributed by atoms with E-state index in [1.54, 1.807) is 59.2 Å². The minimum atomic E-state index is -0.447. The molecule has 2 aromatic heterocycles. The van der Waals surface area contributed by atoms with Gasteiger partial charge in [0.05, 0.1) is 17.7 Å². The molecule has 2 aliphatic rings. The number of imidazole rings is 1. The Morgan fingerprint density at radius 2 is 1.89 bits per heavy atom. The van der Waals surface area contributed by atoms with E-state index in [1.807, 2.05) is 12.1 Å². The largest absolute Gasteiger partial charge is 0.438 e. The predicted octanol–water partition coefficient (Wildman–Crippen LogP) is 4.68. The smallest absolute Gasteiger partial charge is 0.255 e. The predicted molar refractivity (Wildman–Crippen MR) is 132 cm³/mol. The molecule has 2 fully saturated rings. The molecule has 0 aliphatic heterocycles. The van der Waals surface area contributed by atoms with E-state index in [9.17, 15) is 14.9 Å². The Balaban J connectivity index is 1.15. The van der Waals surface area contributed by atoms with E-state index in [0.717, 1.165) is 31.2 Å². The summed E-state index contributed by atoms with van der Waals surface area (Å²) in [6.07, 6.45) is 5.13. The lowest BCUT2D eigenvalue weighted by Gasteiger charge is -2.11. The quantitative estimate of drug-likeness (QED) is 0.398. The molecule has 0 bridgehead atoms. The van der Waals surface area contributed by atoms with E-state index in [4.69, 9.17) is 4.74 Å². The zero-order chi connectivity index (χ0) is 24.7. The molecular formula is C27H22N6O3. The van der Waals surface area contributed by atoms with Gasteiger partial charge < -0.3 is 15.4 Å². The number of nitriles is 1. The van der Waals surface area contributed by atoms with E-state index in [0.29, 0.717) is 34.3 Å². The Hall–Kier alpha value is -4.71. The number of aromatic nitrogens is 3. The van der Waals surface area contributed by atoms with Gasteiger partial charge in [-0.1, -0.05) is 18.2 Å². The number of nitrogens with one attached hydrogen (secondary N) is 2. The van der Waals surface area contributed by atoms with Crippen LogP contribution in [-0.2, 0) is 10.2 Å². The number of benzene rings is 2. The number of carbonyl (C=O) groups is 2. The van der Waals surface area contributed by atoms with Crippen LogP contribution in [0.2, 0.25) is 0 Å². The lowest BCUT2D eigenvalue weighted by Crippen LogP contribution is -2.13. The molecule has 9 nitrogen and oxygen atoms in total. The van der Waals surface area contributed by atoms with Gasteiger partial charge in [0.2, 0.25) is 11.8 Å². The summed E-state index contributed by atoms with van der Waals surface area (Å²) >= 11 is 0. The van der Waals surface area contributed by atoms with Crippen molar-refractivity contribution in [1.29, 1.82) is 5.26 Å². The van der Waals surface area contributed by atoms with E-state index < -0.39 is 5.41 Å². The molecule has 178 valence electrons. The third kappa shape index (κ3) is 4.36. The van der Waals surface area contributed by atoms with Crippen LogP contribution in [0, 0.1) is 17.2 Å². The number of carbonyl (C=O) groups excluding carboxylic acids is 2. The second-order valence-electron chi connectivity index (χ2n) is 9.22. The van der Waals surface area contributed by atoms with Crippen LogP contribution in [0.15, 0.2) is 66.9 Å². The minimum Gasteiger partial charge on any atom is -0.438 e. The summed E-state index contributed by atoms with van der Waals surface area (Å²) in [6, 6.07) is 20.1. The monoisotopic (exact) mass is 478 g/mol. The third-order valence-electron chi connectivity index (χ3n) is 6.45. The summed E-state index contributed by atoms with van der Waals surface area (Å²) in [6.45, 7) is 0. The van der Waals surface area contributed by atoms with Crippen molar-refractivity contribution in [2.24, 2.45) is 5.92 Å². The average Bonchev–Trinajstić information content (AvgIpc) is 3.81. The van der Waals surface area contributed by atoms with Crippen molar-refractivity contribution >= 4 is 29.0 Å². The van der Waals surface area contributed by atoms with Gasteiger partial charge in [-0.2, -0.15) is 5.26 Å². The molecule has 0 unspecified atom stereocenters. The van der Waals surface area contributed by atoms with Gasteiger partial charge in [-0.3, -0.25) is 9.59 Å². The van der Waals surface area contributed by atoms with Gasteiger partial charge in [-0.05, 0) is 61.6 Å². The van der Waals surface area contributed by atoms with Crippen molar-refractivity contribution in [2.45, 2.75) is 31.1 Å². The second-order valence-corrected chi connectivity index (χ2v) is 9.22. The Bertz CT molecular complexity index is 1540. The van der Waals surface area contributed by atoms with Crippen molar-refractivity contribution in [2.75, 3.05) is 10.6 Å². The van der Waals surface area contributed by atoms with Crippen LogP contribution < -0.4 is 15.4 Å². The van der Waals surface area contributed by atoms with E-state index >= 15 is 0 Å². The van der Waals surface area contributed by atoms with Crippen LogP contribution in [0.5, 0.6) is 11.6 Å². The highest BCUT2D eigenvalue weighted by atomic mass is 16.5. The maximum atomic E-state index is 12.9. The fraction of sp³-hybridized carbons (Fsp3) is 0.222. The number of amides is 2. The molecule has 2 aliphatic carbocycles. The third-order valence-corrected chi connectivity index (χ3v) is 6.45. The van der Waals surface area contributed by atoms with Crippen molar-refractivity contribution in [3.8, 4) is 17.7 Å². The normalized spacial score (nSPS) is 15.6. The zero-order valence-corrected chi connectivity index (χ0v) is 19.3. The molecule has 2 aromatic carbocycles. The summed E-state index contributed by atoms with van der Waals surface area (Å²) < 4.78 is 7.45. The first-order chi connectivity index (χ1) is 17.5. The second kappa shape index (κ2) is 8.50.